The number of aromatic hydroxyl groups is 2. The average Bonchev–Trinajstić information content (AvgIpc) is 2.73. The summed E-state index contributed by atoms with van der Waals surface area (Å²) < 4.78 is 10.1. The number of methoxy groups -OCH3 is 2. The van der Waals surface area contributed by atoms with E-state index in [2.05, 4.69) is 0 Å². The van der Waals surface area contributed by atoms with E-state index in [1.165, 1.54) is 38.5 Å². The van der Waals surface area contributed by atoms with Gasteiger partial charge in [-0.05, 0) is 54.0 Å². The molecule has 0 radical (unpaired) electrons. The largest absolute Gasteiger partial charge is 0.504 e. The normalized spacial score (nSPS) is 11.3. The van der Waals surface area contributed by atoms with Crippen LogP contribution in [0.3, 0.4) is 0 Å². The molecule has 2 aromatic carbocycles. The van der Waals surface area contributed by atoms with Gasteiger partial charge in [-0.1, -0.05) is 31.2 Å². The van der Waals surface area contributed by atoms with E-state index in [0.29, 0.717) is 29.0 Å². The lowest BCUT2D eigenvalue weighted by molar-refractivity contribution is -0.127. The maximum absolute atomic E-state index is 12.5. The van der Waals surface area contributed by atoms with Gasteiger partial charge in [0.2, 0.25) is 0 Å². The Hall–Kier alpha value is -3.54. The highest BCUT2D eigenvalue weighted by molar-refractivity contribution is 6.13. The quantitative estimate of drug-likeness (QED) is 0.491. The number of allylic oxidation sites excluding steroid dienone is 2. The average molecular weight is 396 g/mol. The highest BCUT2D eigenvalue weighted by atomic mass is 16.5. The van der Waals surface area contributed by atoms with Crippen LogP contribution in [0.15, 0.2) is 48.6 Å². The van der Waals surface area contributed by atoms with Gasteiger partial charge in [0.15, 0.2) is 34.6 Å². The second-order valence-electron chi connectivity index (χ2n) is 6.29. The molecule has 29 heavy (non-hydrogen) atoms. The summed E-state index contributed by atoms with van der Waals surface area (Å²) in [5.41, 5.74) is 1.34. The van der Waals surface area contributed by atoms with Crippen molar-refractivity contribution in [2.24, 2.45) is 5.92 Å². The fourth-order valence-electron chi connectivity index (χ4n) is 2.73. The first-order valence-electron chi connectivity index (χ1n) is 9.07. The molecule has 0 saturated heterocycles. The minimum absolute atomic E-state index is 0.00795. The monoisotopic (exact) mass is 396 g/mol. The van der Waals surface area contributed by atoms with Gasteiger partial charge in [0.1, 0.15) is 0 Å². The van der Waals surface area contributed by atoms with Crippen LogP contribution < -0.4 is 9.47 Å². The van der Waals surface area contributed by atoms with Crippen LogP contribution in [-0.2, 0) is 9.59 Å². The fourth-order valence-corrected chi connectivity index (χ4v) is 2.73. The molecule has 0 aliphatic carbocycles. The molecule has 2 N–H and O–H groups in total. The van der Waals surface area contributed by atoms with Gasteiger partial charge in [-0.3, -0.25) is 9.59 Å². The van der Waals surface area contributed by atoms with Gasteiger partial charge in [0.05, 0.1) is 20.1 Å². The topological polar surface area (TPSA) is 93.1 Å². The highest BCUT2D eigenvalue weighted by Crippen LogP contribution is 2.28. The van der Waals surface area contributed by atoms with E-state index < -0.39 is 5.92 Å². The Morgan fingerprint density at radius 2 is 1.28 bits per heavy atom. The Morgan fingerprint density at radius 1 is 0.862 bits per heavy atom. The Labute approximate surface area is 169 Å². The maximum atomic E-state index is 12.5. The second kappa shape index (κ2) is 10.1. The minimum atomic E-state index is -0.791. The second-order valence-corrected chi connectivity index (χ2v) is 6.29. The van der Waals surface area contributed by atoms with E-state index in [9.17, 15) is 19.8 Å². The van der Waals surface area contributed by atoms with E-state index in [4.69, 9.17) is 9.47 Å². The molecule has 6 heteroatoms. The molecule has 0 bridgehead atoms. The number of carbonyl (C=O) groups excluding carboxylic acids is 2. The van der Waals surface area contributed by atoms with Crippen molar-refractivity contribution in [3.05, 3.63) is 59.7 Å². The van der Waals surface area contributed by atoms with E-state index >= 15 is 0 Å². The molecule has 0 aromatic heterocycles. The van der Waals surface area contributed by atoms with Crippen molar-refractivity contribution in [3.63, 3.8) is 0 Å². The van der Waals surface area contributed by atoms with Crippen LogP contribution in [-0.4, -0.2) is 36.0 Å². The van der Waals surface area contributed by atoms with Gasteiger partial charge in [-0.25, -0.2) is 0 Å². The van der Waals surface area contributed by atoms with Gasteiger partial charge in [-0.15, -0.1) is 0 Å². The van der Waals surface area contributed by atoms with Crippen molar-refractivity contribution < 1.29 is 29.3 Å². The molecular formula is C23H24O6. The van der Waals surface area contributed by atoms with Crippen molar-refractivity contribution in [3.8, 4) is 23.0 Å². The van der Waals surface area contributed by atoms with Gasteiger partial charge in [-0.2, -0.15) is 0 Å². The minimum Gasteiger partial charge on any atom is -0.504 e. The van der Waals surface area contributed by atoms with Crippen LogP contribution in [0.1, 0.15) is 24.5 Å². The van der Waals surface area contributed by atoms with Crippen LogP contribution in [0, 0.1) is 5.92 Å². The Kier molecular flexibility index (Phi) is 7.60. The lowest BCUT2D eigenvalue weighted by atomic mass is 9.94. The molecule has 0 saturated carbocycles. The standard InChI is InChI=1S/C23H24O6/c1-4-17(18(24)9-5-15-7-11-20(26)22(13-15)28-2)19(25)10-6-16-8-12-21(27)23(14-16)29-3/h5-14,17,26-27H,4H2,1-3H3/b9-5+,10-6+. The highest BCUT2D eigenvalue weighted by Gasteiger charge is 2.20. The zero-order chi connectivity index (χ0) is 21.4. The number of ether oxygens (including phenoxy) is 2. The first-order chi connectivity index (χ1) is 13.9. The van der Waals surface area contributed by atoms with E-state index in [1.807, 2.05) is 0 Å². The summed E-state index contributed by atoms with van der Waals surface area (Å²) in [5, 5.41) is 19.2. The van der Waals surface area contributed by atoms with Gasteiger partial charge >= 0.3 is 0 Å². The van der Waals surface area contributed by atoms with Gasteiger partial charge in [0.25, 0.3) is 0 Å². The molecule has 2 aromatic rings. The van der Waals surface area contributed by atoms with Crippen LogP contribution in [0.5, 0.6) is 23.0 Å². The summed E-state index contributed by atoms with van der Waals surface area (Å²) in [6, 6.07) is 9.42. The summed E-state index contributed by atoms with van der Waals surface area (Å²) in [6.07, 6.45) is 6.23. The molecule has 0 aliphatic heterocycles. The Balaban J connectivity index is 2.11. The van der Waals surface area contributed by atoms with Crippen molar-refractivity contribution in [2.75, 3.05) is 14.2 Å². The van der Waals surface area contributed by atoms with Crippen LogP contribution in [0.2, 0.25) is 0 Å². The molecule has 152 valence electrons. The molecule has 0 fully saturated rings. The summed E-state index contributed by atoms with van der Waals surface area (Å²) in [7, 11) is 2.88. The number of phenols is 2. The van der Waals surface area contributed by atoms with Crippen LogP contribution in [0.25, 0.3) is 12.2 Å². The third-order valence-corrected chi connectivity index (χ3v) is 4.38. The van der Waals surface area contributed by atoms with Gasteiger partial charge < -0.3 is 19.7 Å². The Bertz CT molecular complexity index is 867. The third kappa shape index (κ3) is 5.72. The van der Waals surface area contributed by atoms with Crippen LogP contribution >= 0.6 is 0 Å². The Morgan fingerprint density at radius 3 is 1.62 bits per heavy atom. The zero-order valence-electron chi connectivity index (χ0n) is 16.6. The van der Waals surface area contributed by atoms with E-state index in [0.717, 1.165) is 0 Å². The summed E-state index contributed by atoms with van der Waals surface area (Å²) >= 11 is 0. The van der Waals surface area contributed by atoms with E-state index in [1.54, 1.807) is 43.3 Å². The molecule has 0 heterocycles. The third-order valence-electron chi connectivity index (χ3n) is 4.38. The van der Waals surface area contributed by atoms with E-state index in [-0.39, 0.29) is 23.1 Å². The molecule has 0 atom stereocenters. The molecule has 2 rings (SSSR count). The molecule has 6 nitrogen and oxygen atoms in total. The molecule has 0 unspecified atom stereocenters. The van der Waals surface area contributed by atoms with Crippen molar-refractivity contribution in [1.82, 2.24) is 0 Å². The number of phenolic OH excluding ortho intramolecular Hbond substituents is 2. The van der Waals surface area contributed by atoms with Crippen LogP contribution in [0.4, 0.5) is 0 Å². The molecule has 0 amide bonds. The predicted octanol–water partition coefficient (Wildman–Crippen LogP) is 4.01. The summed E-state index contributed by atoms with van der Waals surface area (Å²) in [4.78, 5) is 25.0. The number of hydrogen-bond acceptors (Lipinski definition) is 6. The molecular weight excluding hydrogens is 372 g/mol. The van der Waals surface area contributed by atoms with Crippen molar-refractivity contribution >= 4 is 23.7 Å². The first kappa shape index (κ1) is 21.8. The van der Waals surface area contributed by atoms with Crippen molar-refractivity contribution in [1.29, 1.82) is 0 Å². The number of carbonyl (C=O) groups is 2. The van der Waals surface area contributed by atoms with Gasteiger partial charge in [0, 0.05) is 0 Å². The fraction of sp³-hybridized carbons (Fsp3) is 0.217. The summed E-state index contributed by atoms with van der Waals surface area (Å²) in [6.45, 7) is 1.77. The predicted molar refractivity (Wildman–Crippen MR) is 111 cm³/mol. The van der Waals surface area contributed by atoms with Crippen molar-refractivity contribution in [2.45, 2.75) is 13.3 Å². The zero-order valence-corrected chi connectivity index (χ0v) is 16.6. The number of rotatable bonds is 9. The number of hydrogen-bond donors (Lipinski definition) is 2. The lowest BCUT2D eigenvalue weighted by Gasteiger charge is -2.08. The lowest BCUT2D eigenvalue weighted by Crippen LogP contribution is -2.20. The molecule has 0 spiro atoms. The molecule has 0 aliphatic rings. The number of benzene rings is 2. The maximum Gasteiger partial charge on any atom is 0.166 e. The SMILES string of the molecule is CCC(C(=O)/C=C/c1ccc(O)c(OC)c1)C(=O)/C=C/c1ccc(O)c(OC)c1. The smallest absolute Gasteiger partial charge is 0.166 e. The first-order valence-corrected chi connectivity index (χ1v) is 9.07. The summed E-state index contributed by atoms with van der Waals surface area (Å²) in [5.74, 6) is -0.789. The number of ketones is 2.